The molecule has 3 aliphatic heterocycles. The van der Waals surface area contributed by atoms with Gasteiger partial charge in [0.15, 0.2) is 13.1 Å². The van der Waals surface area contributed by atoms with E-state index in [4.69, 9.17) is 9.47 Å². The molecule has 11 nitrogen and oxygen atoms in total. The summed E-state index contributed by atoms with van der Waals surface area (Å²) in [6.45, 7) is 14.6. The Morgan fingerprint density at radius 1 is 0.974 bits per heavy atom. The minimum absolute atomic E-state index is 0.0141. The van der Waals surface area contributed by atoms with Crippen molar-refractivity contribution in [1.82, 2.24) is 5.32 Å². The molecule has 0 aromatic heterocycles. The first kappa shape index (κ1) is 29.5. The number of hydrogen-bond acceptors (Lipinski definition) is 7. The first-order chi connectivity index (χ1) is 17.8. The third-order valence-electron chi connectivity index (χ3n) is 8.04. The lowest BCUT2D eigenvalue weighted by Gasteiger charge is -2.54. The predicted molar refractivity (Wildman–Crippen MR) is 140 cm³/mol. The molecule has 210 valence electrons. The molecule has 0 spiro atoms. The third kappa shape index (κ3) is 8.22. The molecule has 0 radical (unpaired) electrons. The van der Waals surface area contributed by atoms with Crippen molar-refractivity contribution in [3.63, 3.8) is 0 Å². The Morgan fingerprint density at radius 3 is 2.05 bits per heavy atom. The molecule has 1 N–H and O–H groups in total. The van der Waals surface area contributed by atoms with Crippen LogP contribution in [0, 0.1) is 15.5 Å². The molecule has 4 rings (SSSR count). The van der Waals surface area contributed by atoms with Gasteiger partial charge in [0.2, 0.25) is 0 Å². The number of benzene rings is 1. The third-order valence-corrected chi connectivity index (χ3v) is 8.04. The lowest BCUT2D eigenvalue weighted by molar-refractivity contribution is -1.07. The second-order valence-corrected chi connectivity index (χ2v) is 11.9. The number of nitro benzene ring substituents is 1. The molecule has 1 atom stereocenters. The van der Waals surface area contributed by atoms with Crippen molar-refractivity contribution in [3.8, 4) is 0 Å². The molecule has 1 aromatic rings. The summed E-state index contributed by atoms with van der Waals surface area (Å²) in [4.78, 5) is 47.4. The highest BCUT2D eigenvalue weighted by atomic mass is 16.6. The van der Waals surface area contributed by atoms with Gasteiger partial charge in [0, 0.05) is 25.1 Å². The number of nitrogens with one attached hydrogen (secondary N) is 1. The summed E-state index contributed by atoms with van der Waals surface area (Å²) in [5.41, 5.74) is 0.571. The van der Waals surface area contributed by atoms with Crippen LogP contribution >= 0.6 is 0 Å². The fourth-order valence-corrected chi connectivity index (χ4v) is 4.87. The number of esters is 2. The Labute approximate surface area is 224 Å². The number of carbonyl (C=O) groups excluding carboxylic acids is 3. The lowest BCUT2D eigenvalue weighted by atomic mass is 9.90. The topological polar surface area (TPSA) is 125 Å². The molecule has 0 saturated carbocycles. The van der Waals surface area contributed by atoms with Crippen LogP contribution < -0.4 is 5.32 Å². The first-order valence-electron chi connectivity index (χ1n) is 13.4. The fraction of sp³-hybridized carbons (Fsp3) is 0.667. The molecular formula is C27H42N4O7+2. The lowest BCUT2D eigenvalue weighted by Crippen LogP contribution is -2.76. The van der Waals surface area contributed by atoms with E-state index < -0.39 is 4.92 Å². The highest BCUT2D eigenvalue weighted by molar-refractivity contribution is 5.77. The van der Waals surface area contributed by atoms with E-state index in [2.05, 4.69) is 26.1 Å². The summed E-state index contributed by atoms with van der Waals surface area (Å²) in [7, 11) is 0. The van der Waals surface area contributed by atoms with Crippen molar-refractivity contribution in [2.24, 2.45) is 5.41 Å². The number of nitro groups is 1. The maximum Gasteiger partial charge on any atom is 0.362 e. The standard InChI is InChI=1S/C27H41N4O7/c1-21(27(2,3)4)38-26(34)19-31-15-12-30(13-16-31,14-17-31)18-24(32)28-11-5-6-25(33)37-20-22-7-9-23(10-8-22)29(35)36/h7-10,21H,5-6,11-20H2,1-4H3/q+1/p+1/t21-,30?,31?/m1/s1. The average molecular weight is 535 g/mol. The molecular weight excluding hydrogens is 492 g/mol. The Bertz CT molecular complexity index is 995. The predicted octanol–water partition coefficient (Wildman–Crippen LogP) is 2.17. The molecule has 0 unspecified atom stereocenters. The second kappa shape index (κ2) is 12.2. The van der Waals surface area contributed by atoms with E-state index in [1.807, 2.05) is 6.92 Å². The highest BCUT2D eigenvalue weighted by Gasteiger charge is 2.51. The number of rotatable bonds is 12. The monoisotopic (exact) mass is 534 g/mol. The van der Waals surface area contributed by atoms with Crippen molar-refractivity contribution in [2.45, 2.75) is 53.2 Å². The Balaban J connectivity index is 1.32. The van der Waals surface area contributed by atoms with Crippen LogP contribution in [0.3, 0.4) is 0 Å². The van der Waals surface area contributed by atoms with E-state index in [-0.39, 0.29) is 48.1 Å². The van der Waals surface area contributed by atoms with Gasteiger partial charge in [0.25, 0.3) is 11.6 Å². The van der Waals surface area contributed by atoms with Crippen LogP contribution in [-0.4, -0.2) is 96.7 Å². The van der Waals surface area contributed by atoms with Gasteiger partial charge in [-0.15, -0.1) is 0 Å². The SMILES string of the molecule is C[C@@H](OC(=O)C[N+]12CC[N+](CC(=O)NCCCC(=O)OCc3ccc([N+](=O)[O-])cc3)(CC1)CC2)C(C)(C)C. The number of non-ortho nitro benzene ring substituents is 1. The zero-order valence-electron chi connectivity index (χ0n) is 23.1. The van der Waals surface area contributed by atoms with E-state index in [1.165, 1.54) is 12.1 Å². The van der Waals surface area contributed by atoms with Crippen molar-refractivity contribution in [3.05, 3.63) is 39.9 Å². The van der Waals surface area contributed by atoms with Crippen LogP contribution in [0.2, 0.25) is 0 Å². The van der Waals surface area contributed by atoms with Crippen molar-refractivity contribution < 1.29 is 37.7 Å². The highest BCUT2D eigenvalue weighted by Crippen LogP contribution is 2.27. The molecule has 3 aliphatic rings. The van der Waals surface area contributed by atoms with Gasteiger partial charge in [-0.1, -0.05) is 20.8 Å². The maximum absolute atomic E-state index is 12.6. The van der Waals surface area contributed by atoms with Crippen LogP contribution in [-0.2, 0) is 30.5 Å². The number of hydrogen-bond donors (Lipinski definition) is 1. The molecule has 2 bridgehead atoms. The molecule has 0 aliphatic carbocycles. The number of fused-ring (bicyclic) bond motifs is 3. The normalized spacial score (nSPS) is 23.4. The maximum atomic E-state index is 12.6. The van der Waals surface area contributed by atoms with Crippen molar-refractivity contribution >= 4 is 23.5 Å². The average Bonchev–Trinajstić information content (AvgIpc) is 2.86. The van der Waals surface area contributed by atoms with E-state index >= 15 is 0 Å². The van der Waals surface area contributed by atoms with E-state index in [1.54, 1.807) is 12.1 Å². The van der Waals surface area contributed by atoms with Crippen molar-refractivity contribution in [1.29, 1.82) is 0 Å². The van der Waals surface area contributed by atoms with Gasteiger partial charge in [0.05, 0.1) is 4.92 Å². The zero-order chi connectivity index (χ0) is 28.0. The Kier molecular flexibility index (Phi) is 9.48. The molecule has 1 aromatic carbocycles. The summed E-state index contributed by atoms with van der Waals surface area (Å²) in [5.74, 6) is -0.543. The number of nitrogens with zero attached hydrogens (tertiary/aromatic N) is 3. The first-order valence-corrected chi connectivity index (χ1v) is 13.4. The number of carbonyl (C=O) groups is 3. The minimum atomic E-state index is -0.481. The molecule has 11 heteroatoms. The molecule has 3 saturated heterocycles. The van der Waals surface area contributed by atoms with Gasteiger partial charge < -0.3 is 23.8 Å². The summed E-state index contributed by atoms with van der Waals surface area (Å²) < 4.78 is 12.4. The Morgan fingerprint density at radius 2 is 1.53 bits per heavy atom. The van der Waals surface area contributed by atoms with Crippen LogP contribution in [0.1, 0.15) is 46.1 Å². The van der Waals surface area contributed by atoms with E-state index in [0.29, 0.717) is 31.6 Å². The van der Waals surface area contributed by atoms with Gasteiger partial charge in [-0.2, -0.15) is 0 Å². The summed E-state index contributed by atoms with van der Waals surface area (Å²) >= 11 is 0. The molecule has 1 amide bonds. The fourth-order valence-electron chi connectivity index (χ4n) is 4.87. The van der Waals surface area contributed by atoms with Gasteiger partial charge in [-0.25, -0.2) is 4.79 Å². The summed E-state index contributed by atoms with van der Waals surface area (Å²) in [5, 5.41) is 13.6. The van der Waals surface area contributed by atoms with Crippen LogP contribution in [0.25, 0.3) is 0 Å². The summed E-state index contributed by atoms with van der Waals surface area (Å²) in [6.07, 6.45) is 0.509. The molecule has 3 fully saturated rings. The molecule has 3 heterocycles. The van der Waals surface area contributed by atoms with Crippen LogP contribution in [0.5, 0.6) is 0 Å². The van der Waals surface area contributed by atoms with Gasteiger partial charge >= 0.3 is 11.9 Å². The van der Waals surface area contributed by atoms with Crippen LogP contribution in [0.15, 0.2) is 24.3 Å². The van der Waals surface area contributed by atoms with Gasteiger partial charge in [-0.3, -0.25) is 19.7 Å². The largest absolute Gasteiger partial charge is 0.461 e. The smallest absolute Gasteiger partial charge is 0.362 e. The van der Waals surface area contributed by atoms with Gasteiger partial charge in [-0.05, 0) is 36.5 Å². The molecule has 38 heavy (non-hydrogen) atoms. The van der Waals surface area contributed by atoms with E-state index in [9.17, 15) is 24.5 Å². The van der Waals surface area contributed by atoms with Crippen molar-refractivity contribution in [2.75, 3.05) is 58.9 Å². The van der Waals surface area contributed by atoms with E-state index in [0.717, 1.165) is 48.2 Å². The zero-order valence-corrected chi connectivity index (χ0v) is 23.1. The summed E-state index contributed by atoms with van der Waals surface area (Å²) in [6, 6.07) is 5.86. The van der Waals surface area contributed by atoms with Gasteiger partial charge in [0.1, 0.15) is 52.0 Å². The second-order valence-electron chi connectivity index (χ2n) is 11.9. The number of ether oxygens (including phenoxy) is 2. The Hall–Kier alpha value is -3.05. The quantitative estimate of drug-likeness (QED) is 0.143. The minimum Gasteiger partial charge on any atom is -0.461 e. The number of piperazine rings is 3. The number of quaternary nitrogens is 2. The van der Waals surface area contributed by atoms with Crippen LogP contribution in [0.4, 0.5) is 5.69 Å². The number of amides is 1.